The first-order valence-corrected chi connectivity index (χ1v) is 5.08. The first-order valence-electron chi connectivity index (χ1n) is 5.08. The number of nitrogens with one attached hydrogen (secondary N) is 2. The number of primary amides is 1. The summed E-state index contributed by atoms with van der Waals surface area (Å²) in [7, 11) is 0. The number of nitrogens with two attached hydrogens (primary N) is 2. The number of hydrogen-bond donors (Lipinski definition) is 4. The molecule has 0 aliphatic rings. The lowest BCUT2D eigenvalue weighted by atomic mass is 10.2. The molecule has 7 nitrogen and oxygen atoms in total. The molecule has 92 valence electrons. The van der Waals surface area contributed by atoms with Gasteiger partial charge in [-0.25, -0.2) is 0 Å². The maximum absolute atomic E-state index is 11.8. The summed E-state index contributed by atoms with van der Waals surface area (Å²) in [5.74, 6) is -1.00. The second-order valence-electron chi connectivity index (χ2n) is 3.60. The number of anilines is 2. The number of nitrogens with zero attached hydrogens (tertiary/aromatic N) is 1. The van der Waals surface area contributed by atoms with E-state index in [4.69, 9.17) is 11.5 Å². The van der Waals surface area contributed by atoms with Crippen molar-refractivity contribution in [2.75, 3.05) is 11.1 Å². The average molecular weight is 245 g/mol. The lowest BCUT2D eigenvalue weighted by Gasteiger charge is -2.05. The quantitative estimate of drug-likeness (QED) is 0.621. The zero-order valence-corrected chi connectivity index (χ0v) is 9.31. The average Bonchev–Trinajstić information content (AvgIpc) is 2.76. The Morgan fingerprint density at radius 1 is 1.33 bits per heavy atom. The Balaban J connectivity index is 2.20. The van der Waals surface area contributed by atoms with Gasteiger partial charge in [-0.1, -0.05) is 6.07 Å². The number of nitrogen functional groups attached to an aromatic ring is 1. The normalized spacial score (nSPS) is 10.0. The molecular weight excluding hydrogens is 234 g/mol. The molecule has 7 heteroatoms. The SMILES string of the molecule is NC(=O)c1cccc(NC(=O)c2[nH]ncc2N)c1. The summed E-state index contributed by atoms with van der Waals surface area (Å²) in [5.41, 5.74) is 11.9. The third-order valence-corrected chi connectivity index (χ3v) is 2.30. The molecule has 0 unspecified atom stereocenters. The largest absolute Gasteiger partial charge is 0.396 e. The van der Waals surface area contributed by atoms with Gasteiger partial charge in [0.25, 0.3) is 5.91 Å². The van der Waals surface area contributed by atoms with Crippen molar-refractivity contribution in [1.82, 2.24) is 10.2 Å². The van der Waals surface area contributed by atoms with E-state index < -0.39 is 11.8 Å². The second kappa shape index (κ2) is 4.58. The Morgan fingerprint density at radius 3 is 2.72 bits per heavy atom. The highest BCUT2D eigenvalue weighted by molar-refractivity contribution is 6.06. The van der Waals surface area contributed by atoms with E-state index in [0.29, 0.717) is 11.3 Å². The lowest BCUT2D eigenvalue weighted by molar-refractivity contribution is 0.0995. The zero-order chi connectivity index (χ0) is 13.1. The maximum Gasteiger partial charge on any atom is 0.275 e. The van der Waals surface area contributed by atoms with E-state index in [1.807, 2.05) is 0 Å². The molecule has 6 N–H and O–H groups in total. The molecule has 0 saturated carbocycles. The molecule has 1 aromatic heterocycles. The van der Waals surface area contributed by atoms with E-state index in [0.717, 1.165) is 0 Å². The van der Waals surface area contributed by atoms with E-state index in [-0.39, 0.29) is 11.4 Å². The molecular formula is C11H11N5O2. The van der Waals surface area contributed by atoms with Crippen molar-refractivity contribution in [2.45, 2.75) is 0 Å². The van der Waals surface area contributed by atoms with Crippen molar-refractivity contribution < 1.29 is 9.59 Å². The van der Waals surface area contributed by atoms with Crippen LogP contribution in [0.3, 0.4) is 0 Å². The second-order valence-corrected chi connectivity index (χ2v) is 3.60. The topological polar surface area (TPSA) is 127 Å². The minimum atomic E-state index is -0.563. The number of aromatic amines is 1. The molecule has 0 spiro atoms. The van der Waals surface area contributed by atoms with E-state index >= 15 is 0 Å². The van der Waals surface area contributed by atoms with E-state index in [1.165, 1.54) is 12.3 Å². The maximum atomic E-state index is 11.8. The molecule has 0 aliphatic carbocycles. The van der Waals surface area contributed by atoms with Gasteiger partial charge >= 0.3 is 0 Å². The molecule has 0 fully saturated rings. The molecule has 2 rings (SSSR count). The highest BCUT2D eigenvalue weighted by atomic mass is 16.2. The van der Waals surface area contributed by atoms with Crippen LogP contribution in [0.5, 0.6) is 0 Å². The highest BCUT2D eigenvalue weighted by Crippen LogP contribution is 2.13. The van der Waals surface area contributed by atoms with Crippen molar-refractivity contribution in [3.63, 3.8) is 0 Å². The smallest absolute Gasteiger partial charge is 0.275 e. The molecule has 2 amide bonds. The molecule has 2 aromatic rings. The number of benzene rings is 1. The molecule has 1 heterocycles. The monoisotopic (exact) mass is 245 g/mol. The Labute approximate surface area is 102 Å². The van der Waals surface area contributed by atoms with Crippen LogP contribution in [0, 0.1) is 0 Å². The molecule has 18 heavy (non-hydrogen) atoms. The van der Waals surface area contributed by atoms with Crippen LogP contribution in [0.1, 0.15) is 20.8 Å². The molecule has 0 bridgehead atoms. The van der Waals surface area contributed by atoms with Gasteiger partial charge in [-0.15, -0.1) is 0 Å². The number of carbonyl (C=O) groups excluding carboxylic acids is 2. The molecule has 0 aliphatic heterocycles. The van der Waals surface area contributed by atoms with E-state index in [1.54, 1.807) is 18.2 Å². The number of H-pyrrole nitrogens is 1. The van der Waals surface area contributed by atoms with Crippen LogP contribution in [0.2, 0.25) is 0 Å². The third kappa shape index (κ3) is 2.29. The Morgan fingerprint density at radius 2 is 2.11 bits per heavy atom. The standard InChI is InChI=1S/C11H11N5O2/c12-8-5-14-16-9(8)11(18)15-7-3-1-2-6(4-7)10(13)17/h1-5H,12H2,(H2,13,17)(H,14,16)(H,15,18). The summed E-state index contributed by atoms with van der Waals surface area (Å²) in [6, 6.07) is 6.29. The first kappa shape index (κ1) is 11.6. The summed E-state index contributed by atoms with van der Waals surface area (Å²) >= 11 is 0. The van der Waals surface area contributed by atoms with E-state index in [9.17, 15) is 9.59 Å². The number of hydrogen-bond acceptors (Lipinski definition) is 4. The zero-order valence-electron chi connectivity index (χ0n) is 9.31. The van der Waals surface area contributed by atoms with Crippen molar-refractivity contribution in [3.8, 4) is 0 Å². The van der Waals surface area contributed by atoms with Crippen molar-refractivity contribution in [1.29, 1.82) is 0 Å². The van der Waals surface area contributed by atoms with Gasteiger partial charge in [0.1, 0.15) is 5.69 Å². The summed E-state index contributed by atoms with van der Waals surface area (Å²) in [4.78, 5) is 22.8. The van der Waals surface area contributed by atoms with Gasteiger partial charge in [0, 0.05) is 11.3 Å². The van der Waals surface area contributed by atoms with Gasteiger partial charge in [-0.05, 0) is 18.2 Å². The fourth-order valence-corrected chi connectivity index (χ4v) is 1.42. The summed E-state index contributed by atoms with van der Waals surface area (Å²) < 4.78 is 0. The Kier molecular flexibility index (Phi) is 2.96. The number of rotatable bonds is 3. The summed E-state index contributed by atoms with van der Waals surface area (Å²) in [5, 5.41) is 8.71. The van der Waals surface area contributed by atoms with Gasteiger partial charge in [0.2, 0.25) is 5.91 Å². The summed E-state index contributed by atoms with van der Waals surface area (Å²) in [6.07, 6.45) is 1.34. The minimum Gasteiger partial charge on any atom is -0.396 e. The van der Waals surface area contributed by atoms with Crippen LogP contribution >= 0.6 is 0 Å². The van der Waals surface area contributed by atoms with Crippen molar-refractivity contribution >= 4 is 23.2 Å². The van der Waals surface area contributed by atoms with Crippen molar-refractivity contribution in [3.05, 3.63) is 41.7 Å². The van der Waals surface area contributed by atoms with Gasteiger partial charge in [0.05, 0.1) is 11.9 Å². The highest BCUT2D eigenvalue weighted by Gasteiger charge is 2.12. The number of amides is 2. The van der Waals surface area contributed by atoms with Crippen LogP contribution < -0.4 is 16.8 Å². The van der Waals surface area contributed by atoms with Crippen LogP contribution in [0.4, 0.5) is 11.4 Å². The molecule has 1 aromatic carbocycles. The van der Waals surface area contributed by atoms with Crippen LogP contribution in [-0.2, 0) is 0 Å². The number of aromatic nitrogens is 2. The fourth-order valence-electron chi connectivity index (χ4n) is 1.42. The molecule has 0 atom stereocenters. The van der Waals surface area contributed by atoms with Crippen molar-refractivity contribution in [2.24, 2.45) is 5.73 Å². The van der Waals surface area contributed by atoms with Gasteiger partial charge < -0.3 is 16.8 Å². The summed E-state index contributed by atoms with van der Waals surface area (Å²) in [6.45, 7) is 0. The molecule has 0 saturated heterocycles. The first-order chi connectivity index (χ1) is 8.58. The predicted octanol–water partition coefficient (Wildman–Crippen LogP) is 0.343. The third-order valence-electron chi connectivity index (χ3n) is 2.30. The van der Waals surface area contributed by atoms with Gasteiger partial charge in [-0.3, -0.25) is 14.7 Å². The molecule has 0 radical (unpaired) electrons. The number of carbonyl (C=O) groups is 2. The van der Waals surface area contributed by atoms with Gasteiger partial charge in [0.15, 0.2) is 0 Å². The van der Waals surface area contributed by atoms with Gasteiger partial charge in [-0.2, -0.15) is 5.10 Å². The fraction of sp³-hybridized carbons (Fsp3) is 0. The Hall–Kier alpha value is -2.83. The van der Waals surface area contributed by atoms with E-state index in [2.05, 4.69) is 15.5 Å². The van der Waals surface area contributed by atoms with Crippen LogP contribution in [-0.4, -0.2) is 22.0 Å². The van der Waals surface area contributed by atoms with Crippen LogP contribution in [0.15, 0.2) is 30.5 Å². The Bertz CT molecular complexity index is 605. The lowest BCUT2D eigenvalue weighted by Crippen LogP contribution is -2.15. The predicted molar refractivity (Wildman–Crippen MR) is 65.9 cm³/mol. The minimum absolute atomic E-state index is 0.166. The van der Waals surface area contributed by atoms with Crippen LogP contribution in [0.25, 0.3) is 0 Å².